The number of nitrogens with zero attached hydrogens (tertiary/aromatic N) is 1. The Balaban J connectivity index is 1.95. The molecule has 0 unspecified atom stereocenters. The molecule has 0 aliphatic heterocycles. The van der Waals surface area contributed by atoms with Gasteiger partial charge in [-0.15, -0.1) is 0 Å². The molecule has 2 nitrogen and oxygen atoms in total. The minimum Gasteiger partial charge on any atom is -0.277 e. The number of aryl methyl sites for hydroxylation is 1. The van der Waals surface area contributed by atoms with Crippen molar-refractivity contribution in [3.05, 3.63) is 64.6 Å². The van der Waals surface area contributed by atoms with Crippen LogP contribution in [0.5, 0.6) is 0 Å². The van der Waals surface area contributed by atoms with E-state index >= 15 is 0 Å². The van der Waals surface area contributed by atoms with E-state index in [1.807, 2.05) is 12.1 Å². The number of nitrogens with one attached hydrogen (secondary N) is 1. The van der Waals surface area contributed by atoms with Crippen molar-refractivity contribution in [2.45, 2.75) is 6.92 Å². The summed E-state index contributed by atoms with van der Waals surface area (Å²) in [5.74, 6) is 0. The SMILES string of the molecule is Cc1ccc(-c2cc(-c3ccc(Br)cc3)n[nH]2)cc1. The van der Waals surface area contributed by atoms with Crippen LogP contribution < -0.4 is 0 Å². The second-order valence-electron chi connectivity index (χ2n) is 4.54. The van der Waals surface area contributed by atoms with Gasteiger partial charge >= 0.3 is 0 Å². The quantitative estimate of drug-likeness (QED) is 0.722. The van der Waals surface area contributed by atoms with E-state index in [-0.39, 0.29) is 0 Å². The fourth-order valence-electron chi connectivity index (χ4n) is 1.97. The molecule has 0 aliphatic carbocycles. The Labute approximate surface area is 120 Å². The van der Waals surface area contributed by atoms with Crippen LogP contribution in [-0.2, 0) is 0 Å². The van der Waals surface area contributed by atoms with Crippen LogP contribution in [0.4, 0.5) is 0 Å². The number of aromatic nitrogens is 2. The monoisotopic (exact) mass is 312 g/mol. The third kappa shape index (κ3) is 2.61. The van der Waals surface area contributed by atoms with Crippen molar-refractivity contribution in [1.29, 1.82) is 0 Å². The summed E-state index contributed by atoms with van der Waals surface area (Å²) < 4.78 is 1.07. The number of benzene rings is 2. The van der Waals surface area contributed by atoms with Gasteiger partial charge in [0.15, 0.2) is 0 Å². The molecule has 0 amide bonds. The lowest BCUT2D eigenvalue weighted by Gasteiger charge is -1.97. The largest absolute Gasteiger partial charge is 0.277 e. The van der Waals surface area contributed by atoms with E-state index in [4.69, 9.17) is 0 Å². The molecule has 2 aromatic carbocycles. The van der Waals surface area contributed by atoms with Gasteiger partial charge in [-0.3, -0.25) is 5.10 Å². The van der Waals surface area contributed by atoms with Gasteiger partial charge < -0.3 is 0 Å². The molecule has 0 saturated heterocycles. The highest BCUT2D eigenvalue weighted by Crippen LogP contribution is 2.25. The maximum Gasteiger partial charge on any atom is 0.0927 e. The molecule has 94 valence electrons. The lowest BCUT2D eigenvalue weighted by molar-refractivity contribution is 1.10. The number of H-pyrrole nitrogens is 1. The molecule has 3 rings (SSSR count). The van der Waals surface area contributed by atoms with E-state index in [1.165, 1.54) is 5.56 Å². The second kappa shape index (κ2) is 5.02. The average molecular weight is 313 g/mol. The highest BCUT2D eigenvalue weighted by Gasteiger charge is 2.05. The summed E-state index contributed by atoms with van der Waals surface area (Å²) >= 11 is 3.44. The van der Waals surface area contributed by atoms with Crippen molar-refractivity contribution in [1.82, 2.24) is 10.2 Å². The number of aromatic amines is 1. The van der Waals surface area contributed by atoms with Crippen LogP contribution in [0.2, 0.25) is 0 Å². The first-order valence-corrected chi connectivity index (χ1v) is 6.90. The van der Waals surface area contributed by atoms with Crippen molar-refractivity contribution in [2.24, 2.45) is 0 Å². The molecule has 0 radical (unpaired) electrons. The highest BCUT2D eigenvalue weighted by molar-refractivity contribution is 9.10. The Morgan fingerprint density at radius 1 is 0.895 bits per heavy atom. The van der Waals surface area contributed by atoms with Crippen molar-refractivity contribution in [3.8, 4) is 22.5 Å². The summed E-state index contributed by atoms with van der Waals surface area (Å²) in [6.07, 6.45) is 0. The van der Waals surface area contributed by atoms with Crippen molar-refractivity contribution >= 4 is 15.9 Å². The highest BCUT2D eigenvalue weighted by atomic mass is 79.9. The molecule has 0 saturated carbocycles. The first-order chi connectivity index (χ1) is 9.22. The Hall–Kier alpha value is -1.87. The van der Waals surface area contributed by atoms with Gasteiger partial charge in [0, 0.05) is 10.0 Å². The van der Waals surface area contributed by atoms with Crippen LogP contribution >= 0.6 is 15.9 Å². The third-order valence-corrected chi connectivity index (χ3v) is 3.61. The second-order valence-corrected chi connectivity index (χ2v) is 5.46. The molecule has 0 fully saturated rings. The first kappa shape index (κ1) is 12.2. The number of hydrogen-bond donors (Lipinski definition) is 1. The predicted molar refractivity (Wildman–Crippen MR) is 81.9 cm³/mol. The zero-order valence-corrected chi connectivity index (χ0v) is 12.1. The molecule has 1 N–H and O–H groups in total. The molecule has 0 bridgehead atoms. The molecule has 0 atom stereocenters. The standard InChI is InChI=1S/C16H13BrN2/c1-11-2-4-12(5-3-11)15-10-16(19-18-15)13-6-8-14(17)9-7-13/h2-10H,1H3,(H,18,19). The van der Waals surface area contributed by atoms with Crippen LogP contribution in [0.15, 0.2) is 59.1 Å². The van der Waals surface area contributed by atoms with E-state index in [0.29, 0.717) is 0 Å². The smallest absolute Gasteiger partial charge is 0.0927 e. The summed E-state index contributed by atoms with van der Waals surface area (Å²) in [4.78, 5) is 0. The van der Waals surface area contributed by atoms with E-state index in [0.717, 1.165) is 27.0 Å². The Morgan fingerprint density at radius 3 is 2.21 bits per heavy atom. The van der Waals surface area contributed by atoms with E-state index in [9.17, 15) is 0 Å². The van der Waals surface area contributed by atoms with Crippen molar-refractivity contribution in [2.75, 3.05) is 0 Å². The van der Waals surface area contributed by atoms with Gasteiger partial charge in [-0.05, 0) is 30.7 Å². The summed E-state index contributed by atoms with van der Waals surface area (Å²) in [6.45, 7) is 2.09. The van der Waals surface area contributed by atoms with Gasteiger partial charge in [0.05, 0.1) is 11.4 Å². The van der Waals surface area contributed by atoms with E-state index in [2.05, 4.69) is 75.5 Å². The maximum absolute atomic E-state index is 4.37. The summed E-state index contributed by atoms with van der Waals surface area (Å²) in [5, 5.41) is 7.47. The van der Waals surface area contributed by atoms with Crippen LogP contribution in [0.1, 0.15) is 5.56 Å². The molecular formula is C16H13BrN2. The fraction of sp³-hybridized carbons (Fsp3) is 0.0625. The molecule has 19 heavy (non-hydrogen) atoms. The molecule has 0 aliphatic rings. The van der Waals surface area contributed by atoms with E-state index in [1.54, 1.807) is 0 Å². The van der Waals surface area contributed by atoms with Crippen LogP contribution in [0, 0.1) is 6.92 Å². The van der Waals surface area contributed by atoms with Gasteiger partial charge in [0.2, 0.25) is 0 Å². The summed E-state index contributed by atoms with van der Waals surface area (Å²) in [7, 11) is 0. The fourth-order valence-corrected chi connectivity index (χ4v) is 2.24. The third-order valence-electron chi connectivity index (χ3n) is 3.08. The van der Waals surface area contributed by atoms with Crippen LogP contribution in [-0.4, -0.2) is 10.2 Å². The minimum absolute atomic E-state index is 0.961. The molecular weight excluding hydrogens is 300 g/mol. The summed E-state index contributed by atoms with van der Waals surface area (Å²) in [5.41, 5.74) is 5.52. The van der Waals surface area contributed by atoms with Crippen LogP contribution in [0.25, 0.3) is 22.5 Å². The molecule has 3 aromatic rings. The molecule has 1 aromatic heterocycles. The topological polar surface area (TPSA) is 28.7 Å². The Morgan fingerprint density at radius 2 is 1.53 bits per heavy atom. The number of halogens is 1. The minimum atomic E-state index is 0.961. The number of hydrogen-bond acceptors (Lipinski definition) is 1. The molecule has 0 spiro atoms. The number of rotatable bonds is 2. The van der Waals surface area contributed by atoms with Crippen molar-refractivity contribution < 1.29 is 0 Å². The van der Waals surface area contributed by atoms with Gasteiger partial charge in [0.25, 0.3) is 0 Å². The lowest BCUT2D eigenvalue weighted by Crippen LogP contribution is -1.78. The van der Waals surface area contributed by atoms with Gasteiger partial charge in [-0.25, -0.2) is 0 Å². The summed E-state index contributed by atoms with van der Waals surface area (Å²) in [6, 6.07) is 18.7. The first-order valence-electron chi connectivity index (χ1n) is 6.11. The Bertz CT molecular complexity index is 622. The normalized spacial score (nSPS) is 10.6. The average Bonchev–Trinajstić information content (AvgIpc) is 2.90. The molecule has 1 heterocycles. The zero-order chi connectivity index (χ0) is 13.2. The van der Waals surface area contributed by atoms with Gasteiger partial charge in [0.1, 0.15) is 0 Å². The van der Waals surface area contributed by atoms with Gasteiger partial charge in [-0.1, -0.05) is 57.9 Å². The Kier molecular flexibility index (Phi) is 3.22. The maximum atomic E-state index is 4.37. The lowest BCUT2D eigenvalue weighted by atomic mass is 10.1. The van der Waals surface area contributed by atoms with Gasteiger partial charge in [-0.2, -0.15) is 5.10 Å². The van der Waals surface area contributed by atoms with E-state index < -0.39 is 0 Å². The molecule has 3 heteroatoms. The zero-order valence-electron chi connectivity index (χ0n) is 10.5. The van der Waals surface area contributed by atoms with Crippen molar-refractivity contribution in [3.63, 3.8) is 0 Å². The predicted octanol–water partition coefficient (Wildman–Crippen LogP) is 4.81. The van der Waals surface area contributed by atoms with Crippen LogP contribution in [0.3, 0.4) is 0 Å².